The molecule has 0 spiro atoms. The van der Waals surface area contributed by atoms with E-state index < -0.39 is 35.0 Å². The molecular formula is C26H31Cl2FN2O2. The summed E-state index contributed by atoms with van der Waals surface area (Å²) >= 11 is 12.5. The second-order valence-corrected chi connectivity index (χ2v) is 11.9. The van der Waals surface area contributed by atoms with Gasteiger partial charge in [0.15, 0.2) is 5.72 Å². The Bertz CT molecular complexity index is 1110. The van der Waals surface area contributed by atoms with E-state index in [2.05, 4.69) is 25.7 Å². The quantitative estimate of drug-likeness (QED) is 0.521. The van der Waals surface area contributed by atoms with Crippen LogP contribution in [0.4, 0.5) is 4.39 Å². The van der Waals surface area contributed by atoms with Crippen molar-refractivity contribution in [2.45, 2.75) is 77.2 Å². The number of rotatable bonds is 3. The lowest BCUT2D eigenvalue weighted by molar-refractivity contribution is -0.152. The number of ether oxygens (including phenoxy) is 1. The number of hydrogen-bond acceptors (Lipinski definition) is 4. The molecule has 0 aliphatic carbocycles. The van der Waals surface area contributed by atoms with Gasteiger partial charge in [-0.1, -0.05) is 62.2 Å². The fourth-order valence-electron chi connectivity index (χ4n) is 5.87. The van der Waals surface area contributed by atoms with Crippen LogP contribution in [0.2, 0.25) is 10.0 Å². The zero-order chi connectivity index (χ0) is 24.5. The summed E-state index contributed by atoms with van der Waals surface area (Å²) in [5.41, 5.74) is 7.38. The van der Waals surface area contributed by atoms with Crippen molar-refractivity contribution in [1.82, 2.24) is 4.90 Å². The molecule has 0 bridgehead atoms. The minimum atomic E-state index is -1.10. The van der Waals surface area contributed by atoms with Crippen LogP contribution in [-0.2, 0) is 15.1 Å². The normalized spacial score (nSPS) is 29.3. The van der Waals surface area contributed by atoms with Crippen molar-refractivity contribution >= 4 is 29.2 Å². The van der Waals surface area contributed by atoms with E-state index in [-0.39, 0.29) is 16.5 Å². The van der Waals surface area contributed by atoms with Gasteiger partial charge in [-0.25, -0.2) is 9.29 Å². The van der Waals surface area contributed by atoms with Crippen molar-refractivity contribution in [2.75, 3.05) is 0 Å². The first kappa shape index (κ1) is 24.5. The van der Waals surface area contributed by atoms with E-state index in [9.17, 15) is 4.79 Å². The van der Waals surface area contributed by atoms with Gasteiger partial charge >= 0.3 is 5.97 Å². The van der Waals surface area contributed by atoms with E-state index in [1.807, 2.05) is 32.9 Å². The van der Waals surface area contributed by atoms with Crippen molar-refractivity contribution in [3.8, 4) is 0 Å². The lowest BCUT2D eigenvalue weighted by atomic mass is 9.67. The molecule has 2 aliphatic rings. The molecule has 2 fully saturated rings. The largest absolute Gasteiger partial charge is 0.443 e. The summed E-state index contributed by atoms with van der Waals surface area (Å²) in [6, 6.07) is 9.37. The average Bonchev–Trinajstić information content (AvgIpc) is 3.06. The first-order valence-corrected chi connectivity index (χ1v) is 11.9. The van der Waals surface area contributed by atoms with E-state index in [0.717, 1.165) is 11.1 Å². The highest BCUT2D eigenvalue weighted by Crippen LogP contribution is 2.58. The minimum Gasteiger partial charge on any atom is -0.443 e. The molecule has 2 N–H and O–H groups in total. The van der Waals surface area contributed by atoms with Crippen LogP contribution < -0.4 is 5.73 Å². The Kier molecular flexibility index (Phi) is 5.89. The Morgan fingerprint density at radius 3 is 2.45 bits per heavy atom. The van der Waals surface area contributed by atoms with Crippen LogP contribution >= 0.6 is 23.2 Å². The number of halogens is 3. The van der Waals surface area contributed by atoms with Crippen molar-refractivity contribution in [3.05, 3.63) is 69.0 Å². The van der Waals surface area contributed by atoms with Gasteiger partial charge in [-0.15, -0.1) is 0 Å². The first-order chi connectivity index (χ1) is 15.2. The first-order valence-electron chi connectivity index (χ1n) is 11.2. The second kappa shape index (κ2) is 7.94. The molecule has 33 heavy (non-hydrogen) atoms. The molecule has 0 radical (unpaired) electrons. The highest BCUT2D eigenvalue weighted by atomic mass is 35.5. The number of nitrogens with zero attached hydrogens (tertiary/aromatic N) is 1. The van der Waals surface area contributed by atoms with Crippen LogP contribution in [0.3, 0.4) is 0 Å². The molecule has 2 aromatic rings. The number of aryl methyl sites for hydroxylation is 1. The van der Waals surface area contributed by atoms with E-state index in [1.54, 1.807) is 18.2 Å². The number of hydrogen-bond donors (Lipinski definition) is 1. The summed E-state index contributed by atoms with van der Waals surface area (Å²) in [6.45, 7) is 12.1. The number of nitrogens with two attached hydrogens (primary N) is 1. The monoisotopic (exact) mass is 492 g/mol. The third-order valence-electron chi connectivity index (χ3n) is 7.01. The summed E-state index contributed by atoms with van der Waals surface area (Å²) in [6.07, 6.45) is 0.667. The molecule has 0 saturated carbocycles. The summed E-state index contributed by atoms with van der Waals surface area (Å²) in [4.78, 5) is 15.4. The zero-order valence-corrected chi connectivity index (χ0v) is 21.4. The second-order valence-electron chi connectivity index (χ2n) is 11.0. The molecule has 0 aromatic heterocycles. The van der Waals surface area contributed by atoms with Crippen molar-refractivity contribution in [3.63, 3.8) is 0 Å². The number of cyclic esters (lactones) is 1. The predicted octanol–water partition coefficient (Wildman–Crippen LogP) is 6.16. The molecule has 178 valence electrons. The Morgan fingerprint density at radius 1 is 1.18 bits per heavy atom. The molecule has 7 heteroatoms. The van der Waals surface area contributed by atoms with Crippen LogP contribution in [0, 0.1) is 18.2 Å². The standard InChI is InChI=1S/C26H31Cl2FN2O2/c1-14-12-15(27)10-11-17(14)26(30)19(13-24(2,3)4)31-22(23(32)33-25(31,5)6)20(26)16-8-7-9-18(28)21(16)29/h7-12,19-20,22H,13,30H2,1-6H3/t19-,20-,22+,26+/m0/s1. The van der Waals surface area contributed by atoms with Crippen molar-refractivity contribution < 1.29 is 13.9 Å². The molecular weight excluding hydrogens is 462 g/mol. The molecule has 2 saturated heterocycles. The maximum Gasteiger partial charge on any atom is 0.325 e. The molecule has 0 unspecified atom stereocenters. The van der Waals surface area contributed by atoms with E-state index in [0.29, 0.717) is 17.0 Å². The van der Waals surface area contributed by atoms with Crippen LogP contribution in [0.5, 0.6) is 0 Å². The summed E-state index contributed by atoms with van der Waals surface area (Å²) in [7, 11) is 0. The molecule has 4 rings (SSSR count). The Morgan fingerprint density at radius 2 is 1.85 bits per heavy atom. The third-order valence-corrected chi connectivity index (χ3v) is 7.54. The molecule has 4 atom stereocenters. The number of carbonyl (C=O) groups excluding carboxylic acids is 1. The van der Waals surface area contributed by atoms with Gasteiger partial charge in [0.1, 0.15) is 11.9 Å². The van der Waals surface area contributed by atoms with Crippen LogP contribution in [-0.4, -0.2) is 28.7 Å². The van der Waals surface area contributed by atoms with Gasteiger partial charge in [0.05, 0.1) is 10.6 Å². The highest BCUT2D eigenvalue weighted by molar-refractivity contribution is 6.31. The molecule has 2 heterocycles. The highest BCUT2D eigenvalue weighted by Gasteiger charge is 2.69. The van der Waals surface area contributed by atoms with Crippen LogP contribution in [0.15, 0.2) is 36.4 Å². The molecule has 0 amide bonds. The summed E-state index contributed by atoms with van der Waals surface area (Å²) in [5.74, 6) is -1.67. The number of benzene rings is 2. The SMILES string of the molecule is Cc1cc(Cl)ccc1[C@@]1(N)[C@H](CC(C)(C)C)N2[C@@H](C(=O)OC2(C)C)[C@@H]1c1cccc(Cl)c1F. The molecule has 2 aromatic carbocycles. The van der Waals surface area contributed by atoms with Gasteiger partial charge in [-0.05, 0) is 67.5 Å². The fourth-order valence-corrected chi connectivity index (χ4v) is 6.28. The lowest BCUT2D eigenvalue weighted by Crippen LogP contribution is -2.56. The Hall–Kier alpha value is -1.66. The van der Waals surface area contributed by atoms with Crippen molar-refractivity contribution in [1.29, 1.82) is 0 Å². The van der Waals surface area contributed by atoms with E-state index in [4.69, 9.17) is 33.7 Å². The van der Waals surface area contributed by atoms with Gasteiger partial charge in [-0.2, -0.15) is 0 Å². The maximum atomic E-state index is 15.5. The minimum absolute atomic E-state index is 0.000811. The number of esters is 1. The van der Waals surface area contributed by atoms with Gasteiger partial charge < -0.3 is 10.5 Å². The third kappa shape index (κ3) is 3.87. The van der Waals surface area contributed by atoms with Crippen molar-refractivity contribution in [2.24, 2.45) is 11.1 Å². The summed E-state index contributed by atoms with van der Waals surface area (Å²) < 4.78 is 21.4. The maximum absolute atomic E-state index is 15.5. The number of carbonyl (C=O) groups is 1. The van der Waals surface area contributed by atoms with Gasteiger partial charge in [-0.3, -0.25) is 4.79 Å². The fraction of sp³-hybridized carbons (Fsp3) is 0.500. The van der Waals surface area contributed by atoms with Gasteiger partial charge in [0, 0.05) is 17.0 Å². The lowest BCUT2D eigenvalue weighted by Gasteiger charge is -2.44. The summed E-state index contributed by atoms with van der Waals surface area (Å²) in [5, 5.41) is 0.593. The van der Waals surface area contributed by atoms with Gasteiger partial charge in [0.2, 0.25) is 0 Å². The Balaban J connectivity index is 2.06. The number of fused-ring (bicyclic) bond motifs is 1. The zero-order valence-electron chi connectivity index (χ0n) is 19.9. The van der Waals surface area contributed by atoms with E-state index >= 15 is 4.39 Å². The topological polar surface area (TPSA) is 55.6 Å². The Labute approximate surface area is 205 Å². The smallest absolute Gasteiger partial charge is 0.325 e. The average molecular weight is 493 g/mol. The van der Waals surface area contributed by atoms with Gasteiger partial charge in [0.25, 0.3) is 0 Å². The molecule has 4 nitrogen and oxygen atoms in total. The molecule has 2 aliphatic heterocycles. The van der Waals surface area contributed by atoms with Crippen LogP contribution in [0.1, 0.15) is 63.6 Å². The van der Waals surface area contributed by atoms with E-state index in [1.165, 1.54) is 6.07 Å². The predicted molar refractivity (Wildman–Crippen MR) is 130 cm³/mol. The van der Waals surface area contributed by atoms with Crippen LogP contribution in [0.25, 0.3) is 0 Å².